The average molecular weight is 419 g/mol. The van der Waals surface area contributed by atoms with Gasteiger partial charge in [-0.25, -0.2) is 4.79 Å². The van der Waals surface area contributed by atoms with Crippen LogP contribution in [0, 0.1) is 20.8 Å². The van der Waals surface area contributed by atoms with Crippen LogP contribution in [0.25, 0.3) is 21.9 Å². The summed E-state index contributed by atoms with van der Waals surface area (Å²) in [5.74, 6) is 1.42. The molecule has 1 N–H and O–H groups in total. The van der Waals surface area contributed by atoms with E-state index in [0.717, 1.165) is 39.0 Å². The van der Waals surface area contributed by atoms with Gasteiger partial charge >= 0.3 is 5.63 Å². The molecule has 0 aliphatic rings. The third-order valence-corrected chi connectivity index (χ3v) is 5.81. The van der Waals surface area contributed by atoms with Crippen molar-refractivity contribution in [3.63, 3.8) is 0 Å². The fourth-order valence-electron chi connectivity index (χ4n) is 3.79. The van der Waals surface area contributed by atoms with E-state index in [0.29, 0.717) is 29.7 Å². The van der Waals surface area contributed by atoms with Crippen molar-refractivity contribution < 1.29 is 18.4 Å². The first-order valence-corrected chi connectivity index (χ1v) is 10.2. The predicted molar refractivity (Wildman–Crippen MR) is 120 cm³/mol. The van der Waals surface area contributed by atoms with Gasteiger partial charge in [0.05, 0.1) is 19.1 Å². The number of furan rings is 1. The lowest BCUT2D eigenvalue weighted by molar-refractivity contribution is -0.120. The summed E-state index contributed by atoms with van der Waals surface area (Å²) in [5, 5.41) is 4.69. The van der Waals surface area contributed by atoms with E-state index in [9.17, 15) is 9.59 Å². The Kier molecular flexibility index (Phi) is 5.55. The number of benzene rings is 2. The monoisotopic (exact) mass is 419 g/mol. The van der Waals surface area contributed by atoms with E-state index in [1.54, 1.807) is 13.2 Å². The Labute approximate surface area is 179 Å². The summed E-state index contributed by atoms with van der Waals surface area (Å²) in [7, 11) is 1.63. The molecule has 6 heteroatoms. The van der Waals surface area contributed by atoms with Crippen molar-refractivity contribution in [3.05, 3.63) is 74.8 Å². The number of methoxy groups -OCH3 is 1. The number of ether oxygens (including phenoxy) is 1. The molecule has 2 aromatic heterocycles. The standard InChI is InChI=1S/C25H25NO5/c1-14-16(3)30-22-13-23-20(11-19(14)22)15(2)21(25(28)31-23)12-24(27)26-10-9-17-5-7-18(29-4)8-6-17/h5-8,11,13H,9-10,12H2,1-4H3,(H,26,27). The highest BCUT2D eigenvalue weighted by Crippen LogP contribution is 2.31. The number of hydrogen-bond donors (Lipinski definition) is 1. The third-order valence-electron chi connectivity index (χ3n) is 5.81. The van der Waals surface area contributed by atoms with Gasteiger partial charge in [-0.2, -0.15) is 0 Å². The molecule has 0 radical (unpaired) electrons. The molecule has 0 spiro atoms. The first-order valence-electron chi connectivity index (χ1n) is 10.2. The van der Waals surface area contributed by atoms with Gasteiger partial charge in [0.15, 0.2) is 0 Å². The third kappa shape index (κ3) is 4.06. The van der Waals surface area contributed by atoms with Crippen LogP contribution < -0.4 is 15.7 Å². The summed E-state index contributed by atoms with van der Waals surface area (Å²) in [6, 6.07) is 11.4. The Morgan fingerprint density at radius 1 is 0.968 bits per heavy atom. The normalized spacial score (nSPS) is 11.2. The van der Waals surface area contributed by atoms with Crippen LogP contribution in [0.4, 0.5) is 0 Å². The summed E-state index contributed by atoms with van der Waals surface area (Å²) in [4.78, 5) is 25.1. The topological polar surface area (TPSA) is 81.7 Å². The maximum absolute atomic E-state index is 12.6. The van der Waals surface area contributed by atoms with Gasteiger partial charge in [0.2, 0.25) is 5.91 Å². The molecule has 31 heavy (non-hydrogen) atoms. The number of hydrogen-bond acceptors (Lipinski definition) is 5. The molecule has 2 heterocycles. The second-order valence-corrected chi connectivity index (χ2v) is 7.75. The largest absolute Gasteiger partial charge is 0.497 e. The molecule has 6 nitrogen and oxygen atoms in total. The second-order valence-electron chi connectivity index (χ2n) is 7.75. The second kappa shape index (κ2) is 8.30. The molecule has 2 aromatic carbocycles. The minimum absolute atomic E-state index is 0.0197. The molecule has 4 aromatic rings. The minimum Gasteiger partial charge on any atom is -0.497 e. The Hall–Kier alpha value is -3.54. The van der Waals surface area contributed by atoms with E-state index in [1.807, 2.05) is 51.1 Å². The molecule has 0 aliphatic heterocycles. The Balaban J connectivity index is 1.51. The highest BCUT2D eigenvalue weighted by Gasteiger charge is 2.17. The van der Waals surface area contributed by atoms with Gasteiger partial charge in [0.1, 0.15) is 22.7 Å². The van der Waals surface area contributed by atoms with E-state index in [1.165, 1.54) is 0 Å². The molecule has 0 bridgehead atoms. The summed E-state index contributed by atoms with van der Waals surface area (Å²) in [6.45, 7) is 6.24. The number of fused-ring (bicyclic) bond motifs is 2. The van der Waals surface area contributed by atoms with E-state index in [-0.39, 0.29) is 12.3 Å². The van der Waals surface area contributed by atoms with Crippen LogP contribution >= 0.6 is 0 Å². The van der Waals surface area contributed by atoms with Crippen molar-refractivity contribution in [2.24, 2.45) is 0 Å². The van der Waals surface area contributed by atoms with Crippen LogP contribution in [0.2, 0.25) is 0 Å². The van der Waals surface area contributed by atoms with Crippen molar-refractivity contribution in [3.8, 4) is 5.75 Å². The van der Waals surface area contributed by atoms with Crippen LogP contribution in [0.5, 0.6) is 5.75 Å². The number of rotatable bonds is 6. The lowest BCUT2D eigenvalue weighted by atomic mass is 10.0. The fourth-order valence-corrected chi connectivity index (χ4v) is 3.79. The maximum Gasteiger partial charge on any atom is 0.340 e. The SMILES string of the molecule is COc1ccc(CCNC(=O)Cc2c(C)c3cc4c(C)c(C)oc4cc3oc2=O)cc1. The zero-order valence-electron chi connectivity index (χ0n) is 18.1. The molecule has 0 saturated heterocycles. The molecule has 0 atom stereocenters. The zero-order valence-corrected chi connectivity index (χ0v) is 18.1. The van der Waals surface area contributed by atoms with E-state index < -0.39 is 5.63 Å². The number of nitrogens with one attached hydrogen (secondary N) is 1. The van der Waals surface area contributed by atoms with Gasteiger partial charge in [-0.3, -0.25) is 4.79 Å². The van der Waals surface area contributed by atoms with Crippen molar-refractivity contribution in [1.29, 1.82) is 0 Å². The maximum atomic E-state index is 12.6. The molecule has 1 amide bonds. The molecule has 160 valence electrons. The first kappa shape index (κ1) is 20.7. The van der Waals surface area contributed by atoms with E-state index >= 15 is 0 Å². The van der Waals surface area contributed by atoms with Crippen LogP contribution in [-0.2, 0) is 17.6 Å². The Morgan fingerprint density at radius 2 is 1.65 bits per heavy atom. The molecule has 0 unspecified atom stereocenters. The number of aryl methyl sites for hydroxylation is 3. The van der Waals surface area contributed by atoms with E-state index in [4.69, 9.17) is 13.6 Å². The van der Waals surface area contributed by atoms with Crippen LogP contribution in [0.3, 0.4) is 0 Å². The van der Waals surface area contributed by atoms with Gasteiger partial charge in [-0.15, -0.1) is 0 Å². The van der Waals surface area contributed by atoms with Crippen molar-refractivity contribution in [1.82, 2.24) is 5.32 Å². The van der Waals surface area contributed by atoms with Crippen LogP contribution in [-0.4, -0.2) is 19.6 Å². The Morgan fingerprint density at radius 3 is 2.35 bits per heavy atom. The fraction of sp³-hybridized carbons (Fsp3) is 0.280. The van der Waals surface area contributed by atoms with Gasteiger partial charge in [-0.05, 0) is 62.1 Å². The smallest absolute Gasteiger partial charge is 0.340 e. The summed E-state index contributed by atoms with van der Waals surface area (Å²) < 4.78 is 16.4. The highest BCUT2D eigenvalue weighted by atomic mass is 16.5. The zero-order chi connectivity index (χ0) is 22.1. The van der Waals surface area contributed by atoms with E-state index in [2.05, 4.69) is 5.32 Å². The summed E-state index contributed by atoms with van der Waals surface area (Å²) in [5.41, 5.74) is 3.96. The Bertz CT molecular complexity index is 1330. The molecule has 4 rings (SSSR count). The lowest BCUT2D eigenvalue weighted by Gasteiger charge is -2.09. The summed E-state index contributed by atoms with van der Waals surface area (Å²) >= 11 is 0. The van der Waals surface area contributed by atoms with Crippen molar-refractivity contribution >= 4 is 27.8 Å². The molecule has 0 aliphatic carbocycles. The lowest BCUT2D eigenvalue weighted by Crippen LogP contribution is -2.29. The first-order chi connectivity index (χ1) is 14.9. The summed E-state index contributed by atoms with van der Waals surface area (Å²) in [6.07, 6.45) is 0.673. The van der Waals surface area contributed by atoms with Crippen molar-refractivity contribution in [2.45, 2.75) is 33.6 Å². The highest BCUT2D eigenvalue weighted by molar-refractivity contribution is 5.97. The van der Waals surface area contributed by atoms with Gasteiger partial charge < -0.3 is 18.9 Å². The molecular formula is C25H25NO5. The van der Waals surface area contributed by atoms with Crippen LogP contribution in [0.1, 0.15) is 28.0 Å². The van der Waals surface area contributed by atoms with Gasteiger partial charge in [0.25, 0.3) is 0 Å². The van der Waals surface area contributed by atoms with Gasteiger partial charge in [0, 0.05) is 23.4 Å². The molecular weight excluding hydrogens is 394 g/mol. The molecule has 0 saturated carbocycles. The van der Waals surface area contributed by atoms with Crippen molar-refractivity contribution in [2.75, 3.05) is 13.7 Å². The average Bonchev–Trinajstić information content (AvgIpc) is 3.03. The van der Waals surface area contributed by atoms with Gasteiger partial charge in [-0.1, -0.05) is 12.1 Å². The molecule has 0 fully saturated rings. The minimum atomic E-state index is -0.491. The number of carbonyl (C=O) groups is 1. The number of amides is 1. The predicted octanol–water partition coefficient (Wildman–Crippen LogP) is 4.37. The number of carbonyl (C=O) groups excluding carboxylic acids is 1. The quantitative estimate of drug-likeness (QED) is 0.469. The van der Waals surface area contributed by atoms with Crippen LogP contribution in [0.15, 0.2) is 50.0 Å².